The van der Waals surface area contributed by atoms with Crippen molar-refractivity contribution in [3.8, 4) is 5.75 Å². The van der Waals surface area contributed by atoms with Gasteiger partial charge in [-0.05, 0) is 53.4 Å². The van der Waals surface area contributed by atoms with Crippen molar-refractivity contribution >= 4 is 17.4 Å². The van der Waals surface area contributed by atoms with Crippen LogP contribution in [0.1, 0.15) is 48.2 Å². The molecule has 1 amide bonds. The zero-order chi connectivity index (χ0) is 23.5. The van der Waals surface area contributed by atoms with E-state index in [0.717, 1.165) is 11.1 Å². The summed E-state index contributed by atoms with van der Waals surface area (Å²) >= 11 is 0. The number of aromatic nitrogens is 2. The first kappa shape index (κ1) is 22.2. The Morgan fingerprint density at radius 1 is 1.12 bits per heavy atom. The zero-order valence-electron chi connectivity index (χ0n) is 18.7. The number of aliphatic hydroxyl groups excluding tert-OH is 1. The van der Waals surface area contributed by atoms with Crippen molar-refractivity contribution in [2.45, 2.75) is 32.4 Å². The summed E-state index contributed by atoms with van der Waals surface area (Å²) < 4.78 is 5.44. The number of ketones is 1. The summed E-state index contributed by atoms with van der Waals surface area (Å²) in [6.45, 7) is 4.20. The summed E-state index contributed by atoms with van der Waals surface area (Å²) in [6, 6.07) is 13.3. The van der Waals surface area contributed by atoms with Gasteiger partial charge in [-0.25, -0.2) is 0 Å². The molecule has 0 spiro atoms. The predicted molar refractivity (Wildman–Crippen MR) is 123 cm³/mol. The van der Waals surface area contributed by atoms with Gasteiger partial charge in [-0.1, -0.05) is 26.0 Å². The zero-order valence-corrected chi connectivity index (χ0v) is 18.7. The number of hydrogen-bond acceptors (Lipinski definition) is 6. The second-order valence-corrected chi connectivity index (χ2v) is 8.15. The maximum atomic E-state index is 13.2. The van der Waals surface area contributed by atoms with E-state index in [1.807, 2.05) is 19.9 Å². The third kappa shape index (κ3) is 4.22. The molecule has 2 aromatic heterocycles. The highest BCUT2D eigenvalue weighted by atomic mass is 16.5. The Bertz CT molecular complexity index is 1210. The number of nitrogens with zero attached hydrogens (tertiary/aromatic N) is 3. The molecular weight excluding hydrogens is 418 g/mol. The lowest BCUT2D eigenvalue weighted by Gasteiger charge is -2.24. The lowest BCUT2D eigenvalue weighted by atomic mass is 9.94. The Kier molecular flexibility index (Phi) is 6.22. The van der Waals surface area contributed by atoms with Crippen LogP contribution in [0.5, 0.6) is 5.75 Å². The minimum atomic E-state index is -0.823. The maximum absolute atomic E-state index is 13.2. The molecule has 0 bridgehead atoms. The number of rotatable bonds is 6. The van der Waals surface area contributed by atoms with Crippen LogP contribution in [0, 0.1) is 0 Å². The van der Waals surface area contributed by atoms with Crippen molar-refractivity contribution in [2.24, 2.45) is 0 Å². The van der Waals surface area contributed by atoms with Crippen molar-refractivity contribution in [3.63, 3.8) is 0 Å². The van der Waals surface area contributed by atoms with E-state index >= 15 is 0 Å². The van der Waals surface area contributed by atoms with E-state index in [1.165, 1.54) is 4.90 Å². The number of methoxy groups -OCH3 is 1. The van der Waals surface area contributed by atoms with E-state index in [9.17, 15) is 14.7 Å². The van der Waals surface area contributed by atoms with Crippen molar-refractivity contribution in [1.82, 2.24) is 14.9 Å². The Morgan fingerprint density at radius 3 is 2.58 bits per heavy atom. The quantitative estimate of drug-likeness (QED) is 0.348. The van der Waals surface area contributed by atoms with E-state index in [1.54, 1.807) is 68.2 Å². The van der Waals surface area contributed by atoms with Crippen LogP contribution in [0.3, 0.4) is 0 Å². The molecule has 1 atom stereocenters. The van der Waals surface area contributed by atoms with Gasteiger partial charge in [-0.3, -0.25) is 19.6 Å². The van der Waals surface area contributed by atoms with Crippen LogP contribution in [-0.4, -0.2) is 38.8 Å². The third-order valence-corrected chi connectivity index (χ3v) is 5.71. The largest absolute Gasteiger partial charge is 0.507 e. The fourth-order valence-electron chi connectivity index (χ4n) is 4.06. The number of ether oxygens (including phenoxy) is 1. The van der Waals surface area contributed by atoms with Gasteiger partial charge < -0.3 is 14.7 Å². The van der Waals surface area contributed by atoms with Crippen LogP contribution in [-0.2, 0) is 16.1 Å². The number of carbonyl (C=O) groups excluding carboxylic acids is 2. The highest BCUT2D eigenvalue weighted by Gasteiger charge is 2.46. The van der Waals surface area contributed by atoms with E-state index in [0.29, 0.717) is 17.0 Å². The number of aliphatic hydroxyl groups is 1. The Morgan fingerprint density at radius 2 is 1.94 bits per heavy atom. The molecule has 7 heteroatoms. The molecule has 0 saturated carbocycles. The minimum absolute atomic E-state index is 0.0162. The lowest BCUT2D eigenvalue weighted by molar-refractivity contribution is -0.140. The summed E-state index contributed by atoms with van der Waals surface area (Å²) in [7, 11) is 1.59. The number of likely N-dealkylation sites (tertiary alicyclic amines) is 1. The monoisotopic (exact) mass is 443 g/mol. The molecule has 1 aromatic carbocycles. The van der Waals surface area contributed by atoms with Gasteiger partial charge in [0.25, 0.3) is 11.7 Å². The Hall–Kier alpha value is -4.00. The first-order valence-electron chi connectivity index (χ1n) is 10.7. The molecule has 1 aliphatic heterocycles. The van der Waals surface area contributed by atoms with Gasteiger partial charge in [-0.2, -0.15) is 0 Å². The number of amides is 1. The van der Waals surface area contributed by atoms with Crippen LogP contribution in [0.25, 0.3) is 5.76 Å². The van der Waals surface area contributed by atoms with Gasteiger partial charge in [-0.15, -0.1) is 0 Å². The maximum Gasteiger partial charge on any atom is 0.296 e. The molecular formula is C26H25N3O4. The van der Waals surface area contributed by atoms with Gasteiger partial charge in [0.05, 0.1) is 18.4 Å². The first-order chi connectivity index (χ1) is 15.9. The summed E-state index contributed by atoms with van der Waals surface area (Å²) in [6.07, 6.45) is 4.89. The Labute approximate surface area is 192 Å². The molecule has 1 aliphatic rings. The Balaban J connectivity index is 1.86. The van der Waals surface area contributed by atoms with E-state index in [-0.39, 0.29) is 23.8 Å². The second kappa shape index (κ2) is 9.24. The van der Waals surface area contributed by atoms with Crippen LogP contribution in [0.4, 0.5) is 0 Å². The van der Waals surface area contributed by atoms with Crippen LogP contribution in [0.2, 0.25) is 0 Å². The van der Waals surface area contributed by atoms with Crippen LogP contribution >= 0.6 is 0 Å². The molecule has 0 aliphatic carbocycles. The number of carbonyl (C=O) groups is 2. The topological polar surface area (TPSA) is 92.6 Å². The van der Waals surface area contributed by atoms with Crippen molar-refractivity contribution in [3.05, 3.63) is 95.1 Å². The normalized spacial score (nSPS) is 17.6. The highest BCUT2D eigenvalue weighted by molar-refractivity contribution is 6.46. The van der Waals surface area contributed by atoms with E-state index in [2.05, 4.69) is 9.97 Å². The summed E-state index contributed by atoms with van der Waals surface area (Å²) in [5.41, 5.74) is 2.62. The molecule has 4 rings (SSSR count). The smallest absolute Gasteiger partial charge is 0.296 e. The second-order valence-electron chi connectivity index (χ2n) is 8.15. The molecule has 1 N–H and O–H groups in total. The number of hydrogen-bond donors (Lipinski definition) is 1. The van der Waals surface area contributed by atoms with Crippen LogP contribution < -0.4 is 4.74 Å². The molecule has 33 heavy (non-hydrogen) atoms. The average Bonchev–Trinajstić information content (AvgIpc) is 3.09. The molecule has 3 heterocycles. The molecule has 0 radical (unpaired) electrons. The SMILES string of the molecule is COc1ccc(/C(O)=C2/C(=O)C(=O)N(Cc3cccnc3)C2c2ccccn2)cc1C(C)C. The standard InChI is InChI=1S/C26H25N3O4/c1-16(2)19-13-18(9-10-21(19)33-3)24(30)22-23(20-8-4-5-12-28-20)29(26(32)25(22)31)15-17-7-6-11-27-14-17/h4-14,16,23,30H,15H2,1-3H3/b24-22-. The number of Topliss-reactive ketones (excluding diaryl/α,β-unsaturated/α-hetero) is 1. The van der Waals surface area contributed by atoms with Gasteiger partial charge in [0.15, 0.2) is 0 Å². The van der Waals surface area contributed by atoms with Crippen molar-refractivity contribution < 1.29 is 19.4 Å². The molecule has 1 unspecified atom stereocenters. The molecule has 3 aromatic rings. The molecule has 1 fully saturated rings. The third-order valence-electron chi connectivity index (χ3n) is 5.71. The minimum Gasteiger partial charge on any atom is -0.507 e. The summed E-state index contributed by atoms with van der Waals surface area (Å²) in [5.74, 6) is -0.836. The predicted octanol–water partition coefficient (Wildman–Crippen LogP) is 4.23. The summed E-state index contributed by atoms with van der Waals surface area (Å²) in [4.78, 5) is 36.2. The van der Waals surface area contributed by atoms with Crippen LogP contribution in [0.15, 0.2) is 72.7 Å². The fourth-order valence-corrected chi connectivity index (χ4v) is 4.06. The van der Waals surface area contributed by atoms with E-state index in [4.69, 9.17) is 4.74 Å². The first-order valence-corrected chi connectivity index (χ1v) is 10.7. The van der Waals surface area contributed by atoms with Gasteiger partial charge in [0.2, 0.25) is 0 Å². The van der Waals surface area contributed by atoms with Crippen molar-refractivity contribution in [2.75, 3.05) is 7.11 Å². The fraction of sp³-hybridized carbons (Fsp3) is 0.231. The lowest BCUT2D eigenvalue weighted by Crippen LogP contribution is -2.29. The average molecular weight is 444 g/mol. The van der Waals surface area contributed by atoms with Gasteiger partial charge in [0.1, 0.15) is 17.6 Å². The number of benzene rings is 1. The van der Waals surface area contributed by atoms with E-state index < -0.39 is 17.7 Å². The summed E-state index contributed by atoms with van der Waals surface area (Å²) in [5, 5.41) is 11.3. The molecule has 168 valence electrons. The molecule has 1 saturated heterocycles. The highest BCUT2D eigenvalue weighted by Crippen LogP contribution is 2.40. The van der Waals surface area contributed by atoms with Gasteiger partial charge >= 0.3 is 0 Å². The van der Waals surface area contributed by atoms with Gasteiger partial charge in [0, 0.05) is 30.7 Å². The number of pyridine rings is 2. The van der Waals surface area contributed by atoms with Crippen molar-refractivity contribution in [1.29, 1.82) is 0 Å². The molecule has 7 nitrogen and oxygen atoms in total.